The zero-order valence-electron chi connectivity index (χ0n) is 19.7. The molecule has 1 fully saturated rings. The zero-order chi connectivity index (χ0) is 24.6. The molecule has 1 aliphatic rings. The van der Waals surface area contributed by atoms with E-state index in [1.54, 1.807) is 28.5 Å². The molecule has 8 heteroatoms. The number of pyridine rings is 1. The second kappa shape index (κ2) is 9.29. The Hall–Kier alpha value is -3.88. The first-order valence-corrected chi connectivity index (χ1v) is 12.7. The van der Waals surface area contributed by atoms with Gasteiger partial charge in [0.1, 0.15) is 5.82 Å². The van der Waals surface area contributed by atoms with Gasteiger partial charge in [-0.05, 0) is 53.6 Å². The zero-order valence-corrected chi connectivity index (χ0v) is 20.6. The van der Waals surface area contributed by atoms with Gasteiger partial charge in [-0.15, -0.1) is 11.3 Å². The van der Waals surface area contributed by atoms with Crippen LogP contribution in [-0.2, 0) is 11.3 Å². The van der Waals surface area contributed by atoms with Crippen LogP contribution in [0, 0.1) is 5.82 Å². The number of hydrogen-bond donors (Lipinski definition) is 1. The van der Waals surface area contributed by atoms with E-state index in [1.165, 1.54) is 0 Å². The molecule has 1 amide bonds. The van der Waals surface area contributed by atoms with Gasteiger partial charge in [-0.25, -0.2) is 9.37 Å². The smallest absolute Gasteiger partial charge is 0.236 e. The molecule has 0 saturated carbocycles. The Bertz CT molecular complexity index is 1600. The fourth-order valence-corrected chi connectivity index (χ4v) is 5.26. The van der Waals surface area contributed by atoms with Crippen molar-refractivity contribution in [3.63, 3.8) is 0 Å². The van der Waals surface area contributed by atoms with Crippen molar-refractivity contribution in [3.05, 3.63) is 83.8 Å². The summed E-state index contributed by atoms with van der Waals surface area (Å²) >= 11 is 1.61. The summed E-state index contributed by atoms with van der Waals surface area (Å²) in [5, 5.41) is 4.39. The van der Waals surface area contributed by atoms with Gasteiger partial charge in [0.05, 0.1) is 27.8 Å². The van der Waals surface area contributed by atoms with Crippen LogP contribution in [0.2, 0.25) is 0 Å². The first-order valence-electron chi connectivity index (χ1n) is 11.8. The second-order valence-electron chi connectivity index (χ2n) is 9.09. The SMILES string of the molecule is CN1CCN(Cc2ccc(-c3ccc4nccc(Nc5ccc6scnc6c5)c4c3)c(F)c2)CC1=O. The number of hydrogen-bond acceptors (Lipinski definition) is 6. The molecule has 3 aromatic carbocycles. The van der Waals surface area contributed by atoms with E-state index < -0.39 is 0 Å². The van der Waals surface area contributed by atoms with Gasteiger partial charge in [-0.1, -0.05) is 18.2 Å². The van der Waals surface area contributed by atoms with Crippen LogP contribution in [0.25, 0.3) is 32.2 Å². The minimum absolute atomic E-state index is 0.0963. The predicted octanol–water partition coefficient (Wildman–Crippen LogP) is 5.67. The number of anilines is 2. The number of fused-ring (bicyclic) bond motifs is 2. The average Bonchev–Trinajstić information content (AvgIpc) is 3.34. The van der Waals surface area contributed by atoms with E-state index in [-0.39, 0.29) is 11.7 Å². The van der Waals surface area contributed by atoms with Crippen molar-refractivity contribution < 1.29 is 9.18 Å². The molecule has 0 radical (unpaired) electrons. The van der Waals surface area contributed by atoms with Crippen LogP contribution in [0.15, 0.2) is 72.4 Å². The van der Waals surface area contributed by atoms with Crippen LogP contribution in [0.5, 0.6) is 0 Å². The molecule has 0 atom stereocenters. The molecule has 0 aliphatic carbocycles. The van der Waals surface area contributed by atoms with E-state index in [0.717, 1.165) is 50.2 Å². The molecule has 0 unspecified atom stereocenters. The molecule has 6 rings (SSSR count). The Kier molecular flexibility index (Phi) is 5.83. The highest BCUT2D eigenvalue weighted by Crippen LogP contribution is 2.32. The van der Waals surface area contributed by atoms with Crippen molar-refractivity contribution in [1.82, 2.24) is 19.8 Å². The fourth-order valence-electron chi connectivity index (χ4n) is 4.61. The summed E-state index contributed by atoms with van der Waals surface area (Å²) < 4.78 is 16.4. The summed E-state index contributed by atoms with van der Waals surface area (Å²) in [6.07, 6.45) is 1.77. The molecule has 1 aliphatic heterocycles. The summed E-state index contributed by atoms with van der Waals surface area (Å²) in [5.74, 6) is -0.182. The highest BCUT2D eigenvalue weighted by molar-refractivity contribution is 7.16. The summed E-state index contributed by atoms with van der Waals surface area (Å²) in [4.78, 5) is 24.7. The number of likely N-dealkylation sites (N-methyl/N-ethyl adjacent to an activating group) is 1. The first kappa shape index (κ1) is 22.6. The van der Waals surface area contributed by atoms with Crippen molar-refractivity contribution in [2.75, 3.05) is 32.0 Å². The molecule has 5 aromatic rings. The van der Waals surface area contributed by atoms with Gasteiger partial charge in [0.25, 0.3) is 0 Å². The monoisotopic (exact) mass is 497 g/mol. The highest BCUT2D eigenvalue weighted by atomic mass is 32.1. The van der Waals surface area contributed by atoms with Gasteiger partial charge in [0.15, 0.2) is 0 Å². The third-order valence-electron chi connectivity index (χ3n) is 6.64. The number of benzene rings is 3. The van der Waals surface area contributed by atoms with Gasteiger partial charge in [0.2, 0.25) is 5.91 Å². The molecule has 2 aromatic heterocycles. The number of amides is 1. The van der Waals surface area contributed by atoms with Crippen LogP contribution in [0.1, 0.15) is 5.56 Å². The third-order valence-corrected chi connectivity index (χ3v) is 7.45. The number of nitrogens with zero attached hydrogens (tertiary/aromatic N) is 4. The van der Waals surface area contributed by atoms with Gasteiger partial charge < -0.3 is 10.2 Å². The van der Waals surface area contributed by atoms with Crippen molar-refractivity contribution in [3.8, 4) is 11.1 Å². The lowest BCUT2D eigenvalue weighted by Gasteiger charge is -2.31. The van der Waals surface area contributed by atoms with Crippen LogP contribution >= 0.6 is 11.3 Å². The molecule has 1 N–H and O–H groups in total. The fraction of sp³-hybridized carbons (Fsp3) is 0.179. The topological polar surface area (TPSA) is 61.4 Å². The average molecular weight is 498 g/mol. The predicted molar refractivity (Wildman–Crippen MR) is 143 cm³/mol. The maximum atomic E-state index is 15.3. The van der Waals surface area contributed by atoms with E-state index in [0.29, 0.717) is 25.2 Å². The summed E-state index contributed by atoms with van der Waals surface area (Å²) in [6.45, 7) is 2.39. The van der Waals surface area contributed by atoms with Crippen LogP contribution in [0.3, 0.4) is 0 Å². The summed E-state index contributed by atoms with van der Waals surface area (Å²) in [6, 6.07) is 19.2. The Morgan fingerprint density at radius 3 is 2.78 bits per heavy atom. The summed E-state index contributed by atoms with van der Waals surface area (Å²) in [5.41, 5.74) is 7.63. The number of rotatable bonds is 5. The van der Waals surface area contributed by atoms with Crippen LogP contribution in [-0.4, -0.2) is 52.4 Å². The van der Waals surface area contributed by atoms with Crippen molar-refractivity contribution in [2.45, 2.75) is 6.54 Å². The number of halogens is 1. The lowest BCUT2D eigenvalue weighted by molar-refractivity contribution is -0.134. The van der Waals surface area contributed by atoms with E-state index in [1.807, 2.05) is 61.1 Å². The number of carbonyl (C=O) groups is 1. The molecule has 180 valence electrons. The van der Waals surface area contributed by atoms with Crippen LogP contribution in [0.4, 0.5) is 15.8 Å². The van der Waals surface area contributed by atoms with Gasteiger partial charge in [-0.3, -0.25) is 14.7 Å². The van der Waals surface area contributed by atoms with E-state index in [2.05, 4.69) is 26.3 Å². The normalized spacial score (nSPS) is 14.6. The van der Waals surface area contributed by atoms with Crippen molar-refractivity contribution in [2.24, 2.45) is 0 Å². The van der Waals surface area contributed by atoms with Crippen molar-refractivity contribution in [1.29, 1.82) is 0 Å². The lowest BCUT2D eigenvalue weighted by atomic mass is 10.00. The van der Waals surface area contributed by atoms with Gasteiger partial charge in [-0.2, -0.15) is 0 Å². The van der Waals surface area contributed by atoms with Crippen molar-refractivity contribution >= 4 is 49.7 Å². The lowest BCUT2D eigenvalue weighted by Crippen LogP contribution is -2.47. The first-order chi connectivity index (χ1) is 17.5. The minimum atomic E-state index is -0.278. The molecule has 36 heavy (non-hydrogen) atoms. The van der Waals surface area contributed by atoms with E-state index >= 15 is 4.39 Å². The van der Waals surface area contributed by atoms with E-state index in [4.69, 9.17) is 0 Å². The maximum absolute atomic E-state index is 15.3. The van der Waals surface area contributed by atoms with Gasteiger partial charge >= 0.3 is 0 Å². The molecule has 3 heterocycles. The molecule has 0 bridgehead atoms. The Labute approximate surface area is 212 Å². The summed E-state index contributed by atoms with van der Waals surface area (Å²) in [7, 11) is 1.81. The Morgan fingerprint density at radius 1 is 1.00 bits per heavy atom. The molecular weight excluding hydrogens is 473 g/mol. The number of thiazole rings is 1. The molecule has 1 saturated heterocycles. The number of carbonyl (C=O) groups excluding carboxylic acids is 1. The quantitative estimate of drug-likeness (QED) is 0.339. The number of aromatic nitrogens is 2. The molecule has 6 nitrogen and oxygen atoms in total. The Balaban J connectivity index is 1.28. The second-order valence-corrected chi connectivity index (χ2v) is 9.98. The third kappa shape index (κ3) is 4.41. The van der Waals surface area contributed by atoms with Crippen LogP contribution < -0.4 is 5.32 Å². The Morgan fingerprint density at radius 2 is 1.92 bits per heavy atom. The van der Waals surface area contributed by atoms with Gasteiger partial charge in [0, 0.05) is 55.2 Å². The molecule has 0 spiro atoms. The van der Waals surface area contributed by atoms with E-state index in [9.17, 15) is 4.79 Å². The highest BCUT2D eigenvalue weighted by Gasteiger charge is 2.21. The number of piperazine rings is 1. The largest absolute Gasteiger partial charge is 0.355 e. The maximum Gasteiger partial charge on any atom is 0.236 e. The molecular formula is C28H24FN5OS. The standard InChI is InChI=1S/C28H24FN5OS/c1-33-10-11-34(16-28(33)35)15-18-2-5-21(23(29)12-18)19-3-6-24-22(13-19)25(8-9-30-24)32-20-4-7-27-26(14-20)31-17-36-27/h2-9,12-14,17H,10-11,15-16H2,1H3,(H,30,32). The minimum Gasteiger partial charge on any atom is -0.355 e. The number of nitrogens with one attached hydrogen (secondary N) is 1.